The van der Waals surface area contributed by atoms with Gasteiger partial charge in [-0.15, -0.1) is 0 Å². The zero-order valence-electron chi connectivity index (χ0n) is 18.5. The van der Waals surface area contributed by atoms with Crippen molar-refractivity contribution in [3.63, 3.8) is 0 Å². The van der Waals surface area contributed by atoms with E-state index in [1.165, 1.54) is 6.08 Å². The van der Waals surface area contributed by atoms with Crippen molar-refractivity contribution < 1.29 is 23.9 Å². The Kier molecular flexibility index (Phi) is 6.82. The van der Waals surface area contributed by atoms with Crippen LogP contribution in [0.4, 0.5) is 10.5 Å². The Morgan fingerprint density at radius 1 is 1.16 bits per heavy atom. The summed E-state index contributed by atoms with van der Waals surface area (Å²) in [6, 6.07) is 11.7. The maximum absolute atomic E-state index is 12.4. The quantitative estimate of drug-likeness (QED) is 0.433. The number of methoxy groups -OCH3 is 1. The summed E-state index contributed by atoms with van der Waals surface area (Å²) in [5, 5.41) is 7.60. The van der Waals surface area contributed by atoms with Gasteiger partial charge >= 0.3 is 6.03 Å². The molecule has 0 aromatic heterocycles. The monoisotopic (exact) mass is 437 g/mol. The molecule has 2 aromatic carbocycles. The molecule has 1 atom stereocenters. The second kappa shape index (κ2) is 9.55. The van der Waals surface area contributed by atoms with Crippen LogP contribution in [0.15, 0.2) is 48.5 Å². The highest BCUT2D eigenvalue weighted by atomic mass is 16.5. The molecule has 1 saturated heterocycles. The molecular weight excluding hydrogens is 410 g/mol. The lowest BCUT2D eigenvalue weighted by Gasteiger charge is -2.21. The number of hydrogen-bond acceptors (Lipinski definition) is 5. The van der Waals surface area contributed by atoms with Gasteiger partial charge < -0.3 is 20.1 Å². The first kappa shape index (κ1) is 22.9. The molecule has 4 amide bonds. The zero-order chi connectivity index (χ0) is 23.3. The number of carbonyl (C=O) groups excluding carboxylic acids is 3. The van der Waals surface area contributed by atoms with E-state index < -0.39 is 17.5 Å². The van der Waals surface area contributed by atoms with Crippen molar-refractivity contribution >= 4 is 29.6 Å². The first-order valence-corrected chi connectivity index (χ1v) is 10.3. The van der Waals surface area contributed by atoms with Gasteiger partial charge in [0.25, 0.3) is 5.91 Å². The van der Waals surface area contributed by atoms with Crippen LogP contribution in [0.1, 0.15) is 31.9 Å². The van der Waals surface area contributed by atoms with Crippen molar-refractivity contribution in [2.75, 3.05) is 19.0 Å². The lowest BCUT2D eigenvalue weighted by Crippen LogP contribution is -2.40. The van der Waals surface area contributed by atoms with Gasteiger partial charge in [0.15, 0.2) is 11.5 Å². The molecule has 0 radical (unpaired) electrons. The highest BCUT2D eigenvalue weighted by Gasteiger charge is 2.43. The smallest absolute Gasteiger partial charge is 0.322 e. The molecular formula is C24H27N3O5. The topological polar surface area (TPSA) is 106 Å². The molecule has 0 spiro atoms. The molecule has 32 heavy (non-hydrogen) atoms. The van der Waals surface area contributed by atoms with E-state index in [1.54, 1.807) is 50.4 Å². The fraction of sp³-hybridized carbons (Fsp3) is 0.292. The van der Waals surface area contributed by atoms with Crippen LogP contribution in [0.25, 0.3) is 6.08 Å². The van der Waals surface area contributed by atoms with Crippen LogP contribution in [-0.4, -0.2) is 31.6 Å². The van der Waals surface area contributed by atoms with Crippen molar-refractivity contribution in [3.05, 3.63) is 59.7 Å². The van der Waals surface area contributed by atoms with Crippen molar-refractivity contribution in [3.8, 4) is 11.5 Å². The van der Waals surface area contributed by atoms with Crippen LogP contribution in [0.5, 0.6) is 11.5 Å². The predicted molar refractivity (Wildman–Crippen MR) is 121 cm³/mol. The van der Waals surface area contributed by atoms with Gasteiger partial charge in [0.1, 0.15) is 5.54 Å². The Balaban J connectivity index is 1.68. The fourth-order valence-corrected chi connectivity index (χ4v) is 3.17. The van der Waals surface area contributed by atoms with Crippen molar-refractivity contribution in [1.29, 1.82) is 0 Å². The number of imide groups is 1. The van der Waals surface area contributed by atoms with Crippen LogP contribution in [0.2, 0.25) is 0 Å². The molecule has 3 rings (SSSR count). The maximum atomic E-state index is 12.4. The Labute approximate surface area is 187 Å². The Morgan fingerprint density at radius 2 is 1.94 bits per heavy atom. The molecule has 0 bridgehead atoms. The minimum absolute atomic E-state index is 0.341. The maximum Gasteiger partial charge on any atom is 0.322 e. The normalized spacial score (nSPS) is 17.9. The molecule has 8 nitrogen and oxygen atoms in total. The summed E-state index contributed by atoms with van der Waals surface area (Å²) in [5.74, 6) is 0.845. The van der Waals surface area contributed by atoms with Crippen LogP contribution in [0.3, 0.4) is 0 Å². The average molecular weight is 437 g/mol. The van der Waals surface area contributed by atoms with Crippen LogP contribution >= 0.6 is 0 Å². The number of anilines is 1. The molecule has 1 heterocycles. The molecule has 1 aliphatic heterocycles. The molecule has 2 aromatic rings. The molecule has 0 saturated carbocycles. The number of nitrogens with one attached hydrogen (secondary N) is 3. The molecule has 1 unspecified atom stereocenters. The lowest BCUT2D eigenvalue weighted by atomic mass is 9.92. The van der Waals surface area contributed by atoms with Gasteiger partial charge in [-0.3, -0.25) is 14.9 Å². The van der Waals surface area contributed by atoms with E-state index in [0.717, 1.165) is 5.56 Å². The van der Waals surface area contributed by atoms with Crippen LogP contribution in [-0.2, 0) is 15.1 Å². The van der Waals surface area contributed by atoms with Crippen molar-refractivity contribution in [2.45, 2.75) is 26.3 Å². The number of amides is 4. The summed E-state index contributed by atoms with van der Waals surface area (Å²) in [6.45, 7) is 6.32. The van der Waals surface area contributed by atoms with E-state index in [9.17, 15) is 14.4 Å². The Hall–Kier alpha value is -3.81. The minimum atomic E-state index is -1.19. The van der Waals surface area contributed by atoms with E-state index in [4.69, 9.17) is 9.47 Å². The molecule has 1 fully saturated rings. The third kappa shape index (κ3) is 5.26. The third-order valence-electron chi connectivity index (χ3n) is 4.94. The summed E-state index contributed by atoms with van der Waals surface area (Å²) in [6.07, 6.45) is 3.07. The molecule has 168 valence electrons. The first-order chi connectivity index (χ1) is 15.2. The number of ether oxygens (including phenoxy) is 2. The highest BCUT2D eigenvalue weighted by Crippen LogP contribution is 2.29. The van der Waals surface area contributed by atoms with E-state index in [1.807, 2.05) is 12.1 Å². The van der Waals surface area contributed by atoms with Crippen LogP contribution in [0, 0.1) is 5.92 Å². The third-order valence-corrected chi connectivity index (χ3v) is 4.94. The van der Waals surface area contributed by atoms with Gasteiger partial charge in [-0.1, -0.05) is 32.0 Å². The van der Waals surface area contributed by atoms with E-state index in [2.05, 4.69) is 29.8 Å². The Morgan fingerprint density at radius 3 is 2.59 bits per heavy atom. The fourth-order valence-electron chi connectivity index (χ4n) is 3.17. The number of rotatable bonds is 8. The molecule has 3 N–H and O–H groups in total. The molecule has 0 aliphatic carbocycles. The predicted octanol–water partition coefficient (Wildman–Crippen LogP) is 3.44. The highest BCUT2D eigenvalue weighted by molar-refractivity contribution is 6.07. The Bertz CT molecular complexity index is 1060. The van der Waals surface area contributed by atoms with Crippen LogP contribution < -0.4 is 25.4 Å². The summed E-state index contributed by atoms with van der Waals surface area (Å²) >= 11 is 0. The number of hydrogen-bond donors (Lipinski definition) is 3. The largest absolute Gasteiger partial charge is 0.493 e. The van der Waals surface area contributed by atoms with Gasteiger partial charge in [-0.2, -0.15) is 0 Å². The summed E-state index contributed by atoms with van der Waals surface area (Å²) < 4.78 is 11.1. The van der Waals surface area contributed by atoms with Gasteiger partial charge in [-0.25, -0.2) is 4.79 Å². The van der Waals surface area contributed by atoms with E-state index >= 15 is 0 Å². The molecule has 8 heteroatoms. The molecule has 1 aliphatic rings. The van der Waals surface area contributed by atoms with Crippen molar-refractivity contribution in [2.24, 2.45) is 5.92 Å². The SMILES string of the molecule is COc1cc(C=CC(=O)Nc2cccc(C3(C)NC(=O)NC3=O)c2)ccc1OCC(C)C. The van der Waals surface area contributed by atoms with E-state index in [0.29, 0.717) is 35.3 Å². The van der Waals surface area contributed by atoms with Gasteiger partial charge in [0.2, 0.25) is 5.91 Å². The first-order valence-electron chi connectivity index (χ1n) is 10.3. The van der Waals surface area contributed by atoms with E-state index in [-0.39, 0.29) is 5.91 Å². The average Bonchev–Trinajstić information content (AvgIpc) is 3.03. The van der Waals surface area contributed by atoms with Gasteiger partial charge in [0, 0.05) is 11.8 Å². The number of urea groups is 1. The van der Waals surface area contributed by atoms with Gasteiger partial charge in [-0.05, 0) is 54.3 Å². The van der Waals surface area contributed by atoms with Gasteiger partial charge in [0.05, 0.1) is 13.7 Å². The lowest BCUT2D eigenvalue weighted by molar-refractivity contribution is -0.123. The summed E-state index contributed by atoms with van der Waals surface area (Å²) in [4.78, 5) is 36.1. The summed E-state index contributed by atoms with van der Waals surface area (Å²) in [5.41, 5.74) is 0.649. The summed E-state index contributed by atoms with van der Waals surface area (Å²) in [7, 11) is 1.57. The standard InChI is InChI=1S/C24H27N3O5/c1-15(2)14-32-19-10-8-16(12-20(19)31-4)9-11-21(28)25-18-7-5-6-17(13-18)24(3)22(29)26-23(30)27-24/h5-13,15H,14H2,1-4H3,(H,25,28)(H2,26,27,29,30). The zero-order valence-corrected chi connectivity index (χ0v) is 18.5. The minimum Gasteiger partial charge on any atom is -0.493 e. The van der Waals surface area contributed by atoms with Crippen molar-refractivity contribution in [1.82, 2.24) is 10.6 Å². The number of benzene rings is 2. The second-order valence-corrected chi connectivity index (χ2v) is 8.05. The number of carbonyl (C=O) groups is 3. The second-order valence-electron chi connectivity index (χ2n) is 8.05.